The second kappa shape index (κ2) is 47.1. The first-order chi connectivity index (χ1) is 28.7. The molecular weight excluding hydrogens is 1770 g/mol. The van der Waals surface area contributed by atoms with Crippen LogP contribution in [-0.4, -0.2) is 5.11 Å². The minimum Gasteiger partial charge on any atom is -0.699 e. The van der Waals surface area contributed by atoms with Gasteiger partial charge in [-0.05, 0) is 115 Å². The molecule has 0 saturated carbocycles. The minimum absolute atomic E-state index is 0. The van der Waals surface area contributed by atoms with Crippen molar-refractivity contribution in [3.63, 3.8) is 0 Å². The van der Waals surface area contributed by atoms with Crippen molar-refractivity contribution in [2.75, 3.05) is 11.5 Å². The van der Waals surface area contributed by atoms with Crippen molar-refractivity contribution in [2.24, 2.45) is 11.8 Å². The first kappa shape index (κ1) is 81.1. The molecule has 0 bridgehead atoms. The van der Waals surface area contributed by atoms with Crippen LogP contribution in [0.1, 0.15) is 50.1 Å². The van der Waals surface area contributed by atoms with E-state index in [1.165, 1.54) is 46.0 Å². The second-order valence-electron chi connectivity index (χ2n) is 13.4. The molecule has 14 N–H and O–H groups in total. The van der Waals surface area contributed by atoms with Crippen molar-refractivity contribution in [1.29, 1.82) is 0 Å². The van der Waals surface area contributed by atoms with Crippen LogP contribution in [0.5, 0.6) is 17.2 Å². The third-order valence-corrected chi connectivity index (χ3v) is 8.18. The van der Waals surface area contributed by atoms with Gasteiger partial charge in [0, 0.05) is 216 Å². The monoisotopic (exact) mass is 1820 g/mol. The second-order valence-corrected chi connectivity index (χ2v) is 13.4. The zero-order valence-corrected chi connectivity index (χ0v) is 61.8. The van der Waals surface area contributed by atoms with E-state index in [0.717, 1.165) is 33.6 Å². The van der Waals surface area contributed by atoms with Crippen molar-refractivity contribution in [3.05, 3.63) is 192 Å². The van der Waals surface area contributed by atoms with E-state index in [2.05, 4.69) is 83.5 Å². The Kier molecular flexibility index (Phi) is 57.0. The molecule has 6 rings (SSSR count). The first-order valence-electron chi connectivity index (χ1n) is 18.4. The average Bonchev–Trinajstić information content (AvgIpc) is 3.20. The van der Waals surface area contributed by atoms with Crippen molar-refractivity contribution in [2.45, 2.75) is 62.3 Å². The Morgan fingerprint density at radius 3 is 1.15 bits per heavy atom. The maximum Gasteiger partial charge on any atom is 1.00 e. The topological polar surface area (TPSA) is 311 Å². The molecule has 4 radical (unpaired) electrons. The minimum atomic E-state index is -0.181. The van der Waals surface area contributed by atoms with Gasteiger partial charge in [-0.3, -0.25) is 10.1 Å². The van der Waals surface area contributed by atoms with Gasteiger partial charge in [-0.1, -0.05) is 116 Å². The SMILES string of the molecule is Cc1cc(N)ccc1[NH-].Cc1cc(OON)ccc1[NH-].Cc1ccc(C)c(C)c1.Cc1ccc(N)c(C)c1.Cc1ccc([NH-])c(C)c1.O=[NH+][O-].[Ac].[Ac].[Ac].[Ac].[Fe].[NH-]c1ccc(OON)cc1O.[Na+]. The summed E-state index contributed by atoms with van der Waals surface area (Å²) in [6.07, 6.45) is 0. The number of nitrogens with two attached hydrogens (primary N) is 4. The summed E-state index contributed by atoms with van der Waals surface area (Å²) in [5, 5.41) is 17.3. The maximum atomic E-state index is 8.96. The van der Waals surface area contributed by atoms with Gasteiger partial charge in [0.25, 0.3) is 0 Å². The Hall–Kier alpha value is 0.0457. The van der Waals surface area contributed by atoms with Crippen LogP contribution >= 0.6 is 0 Å². The number of aromatic hydroxyl groups is 1. The molecule has 0 aromatic heterocycles. The molecule has 0 heterocycles. The number of phenols is 1. The summed E-state index contributed by atoms with van der Waals surface area (Å²) < 4.78 is 0. The summed E-state index contributed by atoms with van der Waals surface area (Å²) in [5.74, 6) is 9.85. The van der Waals surface area contributed by atoms with Gasteiger partial charge >= 0.3 is 29.6 Å². The van der Waals surface area contributed by atoms with Crippen LogP contribution in [0.15, 0.2) is 109 Å². The maximum absolute atomic E-state index is 8.96. The standard InChI is InChI=1S/C9H12.C8H11N.C8H10N.C7H9N2O2.C7H9N2.C6H7N2O3.4Ac.Fe.HNO2.Na/c1-7-4-5-8(2)9(3)6-7;2*1-6-3-4-8(9)7(2)5-6;1-5-4-6(10-11-9)2-3-7(5)8;1-5-4-6(8)2-3-7(5)9;7-5-2-1-4(10-11-8)3-6(5)9;;;;;;2-1-3;/h4-6H,1-3H3;3-5H,9H2,1-2H3;3-5,9H,1-2H3;2-4,8H,9H2,1H3;2-4,9H,8H2,1H3;1-3,7,9H,8H2;;;;;;1H;/q;;4*-1;;;;;;;+1. The molecule has 350 valence electrons. The van der Waals surface area contributed by atoms with Crippen LogP contribution in [-0.2, 0) is 27.0 Å². The molecule has 0 aliphatic rings. The summed E-state index contributed by atoms with van der Waals surface area (Å²) in [6.45, 7) is 18.1. The summed E-state index contributed by atoms with van der Waals surface area (Å²) in [7, 11) is 0. The molecule has 0 spiro atoms. The molecule has 6 aromatic carbocycles. The third kappa shape index (κ3) is 38.4. The fourth-order valence-electron chi connectivity index (χ4n) is 4.58. The third-order valence-electron chi connectivity index (χ3n) is 8.18. The van der Waals surface area contributed by atoms with Crippen molar-refractivity contribution in [1.82, 2.24) is 0 Å². The smallest absolute Gasteiger partial charge is 0.699 e. The quantitative estimate of drug-likeness (QED) is 0.0244. The molecule has 22 heteroatoms. The normalized spacial score (nSPS) is 8.46. The van der Waals surface area contributed by atoms with E-state index in [4.69, 9.17) is 49.6 Å². The zero-order chi connectivity index (χ0) is 46.7. The van der Waals surface area contributed by atoms with E-state index in [9.17, 15) is 0 Å². The first-order valence-corrected chi connectivity index (χ1v) is 18.4. The molecule has 0 aliphatic heterocycles. The van der Waals surface area contributed by atoms with E-state index in [1.807, 2.05) is 65.0 Å². The Morgan fingerprint density at radius 2 is 0.821 bits per heavy atom. The van der Waals surface area contributed by atoms with Gasteiger partial charge in [0.1, 0.15) is 5.75 Å². The molecule has 0 unspecified atom stereocenters. The molecule has 6 aromatic rings. The number of hydrogen-bond acceptors (Lipinski definition) is 11. The average molecular weight is 1820 g/mol. The molecule has 16 nitrogen and oxygen atoms in total. The predicted molar refractivity (Wildman–Crippen MR) is 247 cm³/mol. The van der Waals surface area contributed by atoms with Gasteiger partial charge in [0.2, 0.25) is 0 Å². The number of nitrogen functional groups attached to an aromatic ring is 2. The van der Waals surface area contributed by atoms with Gasteiger partial charge in [-0.2, -0.15) is 11.8 Å². The van der Waals surface area contributed by atoms with Gasteiger partial charge < -0.3 is 49.3 Å². The van der Waals surface area contributed by atoms with Crippen LogP contribution in [0.25, 0.3) is 22.9 Å². The van der Waals surface area contributed by atoms with E-state index < -0.39 is 0 Å². The summed E-state index contributed by atoms with van der Waals surface area (Å²) in [4.78, 5) is 24.8. The van der Waals surface area contributed by atoms with Gasteiger partial charge in [0.05, 0.1) is 0 Å². The number of anilines is 2. The number of benzene rings is 6. The summed E-state index contributed by atoms with van der Waals surface area (Å²) in [6, 6.07) is 32.5. The van der Waals surface area contributed by atoms with Crippen LogP contribution in [0, 0.1) is 249 Å². The van der Waals surface area contributed by atoms with Gasteiger partial charge in [-0.25, -0.2) is 0 Å². The van der Waals surface area contributed by atoms with Crippen LogP contribution in [0.2, 0.25) is 0 Å². The van der Waals surface area contributed by atoms with E-state index in [0.29, 0.717) is 22.8 Å². The van der Waals surface area contributed by atoms with Gasteiger partial charge in [0.15, 0.2) is 11.5 Å². The number of nitrogens with one attached hydrogen (secondary N) is 5. The molecule has 0 aliphatic carbocycles. The predicted octanol–water partition coefficient (Wildman–Crippen LogP) is 8.20. The Morgan fingerprint density at radius 1 is 0.478 bits per heavy atom. The summed E-state index contributed by atoms with van der Waals surface area (Å²) in [5.41, 5.74) is 53.8. The largest absolute Gasteiger partial charge is 1.00 e. The van der Waals surface area contributed by atoms with E-state index in [-0.39, 0.29) is 245 Å². The number of rotatable bonds is 4. The van der Waals surface area contributed by atoms with Crippen molar-refractivity contribution in [3.8, 4) is 17.2 Å². The van der Waals surface area contributed by atoms with Crippen molar-refractivity contribution < 1.29 is 253 Å². The van der Waals surface area contributed by atoms with E-state index in [1.54, 1.807) is 36.4 Å². The molecular formula is C45H59Ac4FeN9NaO7-3. The number of hydrogen-bond donors (Lipinski definition) is 6. The van der Waals surface area contributed by atoms with Crippen LogP contribution in [0.3, 0.4) is 0 Å². The summed E-state index contributed by atoms with van der Waals surface area (Å²) >= 11 is 0. The molecule has 0 atom stereocenters. The molecule has 67 heavy (non-hydrogen) atoms. The van der Waals surface area contributed by atoms with Gasteiger partial charge in [-0.15, -0.1) is 17.1 Å². The van der Waals surface area contributed by atoms with Crippen molar-refractivity contribution >= 4 is 34.1 Å². The fourth-order valence-corrected chi connectivity index (χ4v) is 4.58. The van der Waals surface area contributed by atoms with Crippen LogP contribution < -0.4 is 67.9 Å². The Labute approximate surface area is 571 Å². The fraction of sp³-hybridized carbons (Fsp3) is 0.200. The molecule has 0 amide bonds. The number of aryl methyl sites for hydroxylation is 9. The zero-order valence-electron chi connectivity index (χ0n) is 39.8. The molecule has 0 saturated heterocycles. The molecule has 0 fully saturated rings. The Balaban J connectivity index is -0.000000125. The van der Waals surface area contributed by atoms with E-state index >= 15 is 0 Å². The Bertz CT molecular complexity index is 2010. The number of phenolic OH excluding ortho intramolecular Hbond substituents is 1. The van der Waals surface area contributed by atoms with Crippen LogP contribution in [0.4, 0.5) is 34.1 Å².